The van der Waals surface area contributed by atoms with Gasteiger partial charge in [-0.15, -0.1) is 0 Å². The van der Waals surface area contributed by atoms with E-state index in [2.05, 4.69) is 31.4 Å². The number of nitrogens with one attached hydrogen (secondary N) is 1. The van der Waals surface area contributed by atoms with E-state index in [1.807, 2.05) is 6.92 Å². The molecule has 9 heteroatoms. The first-order valence-corrected chi connectivity index (χ1v) is 9.07. The molecular weight excluding hydrogens is 378 g/mol. The Bertz CT molecular complexity index is 1020. The maximum absolute atomic E-state index is 12.8. The van der Waals surface area contributed by atoms with E-state index in [9.17, 15) is 10.1 Å². The maximum atomic E-state index is 12.8. The molecule has 0 fully saturated rings. The fraction of sp³-hybridized carbons (Fsp3) is 0.263. The molecule has 1 N–H and O–H groups in total. The summed E-state index contributed by atoms with van der Waals surface area (Å²) in [5.41, 5.74) is 2.35. The molecule has 142 valence electrons. The van der Waals surface area contributed by atoms with Crippen molar-refractivity contribution < 1.29 is 4.79 Å². The summed E-state index contributed by atoms with van der Waals surface area (Å²) in [5, 5.41) is 16.7. The minimum atomic E-state index is -0.468. The van der Waals surface area contributed by atoms with E-state index in [0.29, 0.717) is 29.1 Å². The van der Waals surface area contributed by atoms with Gasteiger partial charge in [-0.25, -0.2) is 9.97 Å². The van der Waals surface area contributed by atoms with Crippen LogP contribution in [0.4, 0.5) is 5.82 Å². The standard InChI is InChI=1S/C19H18ClN7O/c1-3-4-15(19(28)26-17-10-22-16(20)9-23-17)13-5-12(6-21)18(24-7-13)14-8-25-27(2)11-14/h5,7-11,15H,3-4H2,1-2H3,(H,23,26,28). The van der Waals surface area contributed by atoms with Crippen molar-refractivity contribution in [2.75, 3.05) is 5.32 Å². The summed E-state index contributed by atoms with van der Waals surface area (Å²) in [6.45, 7) is 1.99. The van der Waals surface area contributed by atoms with Crippen LogP contribution in [-0.4, -0.2) is 30.6 Å². The Morgan fingerprint density at radius 1 is 1.29 bits per heavy atom. The van der Waals surface area contributed by atoms with Crippen LogP contribution in [0.3, 0.4) is 0 Å². The Balaban J connectivity index is 1.90. The van der Waals surface area contributed by atoms with Crippen molar-refractivity contribution in [3.05, 3.63) is 53.3 Å². The van der Waals surface area contributed by atoms with Crippen LogP contribution in [-0.2, 0) is 11.8 Å². The number of carbonyl (C=O) groups excluding carboxylic acids is 1. The van der Waals surface area contributed by atoms with Gasteiger partial charge < -0.3 is 5.32 Å². The number of pyridine rings is 1. The molecular formula is C19H18ClN7O. The zero-order valence-electron chi connectivity index (χ0n) is 15.4. The minimum absolute atomic E-state index is 0.238. The van der Waals surface area contributed by atoms with E-state index in [4.69, 9.17) is 11.6 Å². The summed E-state index contributed by atoms with van der Waals surface area (Å²) >= 11 is 5.73. The third-order valence-corrected chi connectivity index (χ3v) is 4.37. The monoisotopic (exact) mass is 395 g/mol. The van der Waals surface area contributed by atoms with Gasteiger partial charge in [0.15, 0.2) is 5.82 Å². The third-order valence-electron chi connectivity index (χ3n) is 4.18. The van der Waals surface area contributed by atoms with E-state index in [1.54, 1.807) is 36.4 Å². The van der Waals surface area contributed by atoms with Crippen LogP contribution in [0.15, 0.2) is 37.1 Å². The van der Waals surface area contributed by atoms with E-state index in [0.717, 1.165) is 12.0 Å². The van der Waals surface area contributed by atoms with E-state index in [1.165, 1.54) is 12.4 Å². The SMILES string of the molecule is CCCC(C(=O)Nc1cnc(Cl)cn1)c1cnc(-c2cnn(C)c2)c(C#N)c1. The normalized spacial score (nSPS) is 11.6. The highest BCUT2D eigenvalue weighted by atomic mass is 35.5. The fourth-order valence-corrected chi connectivity index (χ4v) is 2.96. The average Bonchev–Trinajstić information content (AvgIpc) is 3.13. The predicted octanol–water partition coefficient (Wildman–Crippen LogP) is 3.32. The van der Waals surface area contributed by atoms with Crippen LogP contribution >= 0.6 is 11.6 Å². The molecule has 0 spiro atoms. The lowest BCUT2D eigenvalue weighted by Gasteiger charge is -2.16. The summed E-state index contributed by atoms with van der Waals surface area (Å²) in [4.78, 5) is 25.2. The largest absolute Gasteiger partial charge is 0.309 e. The van der Waals surface area contributed by atoms with Crippen LogP contribution < -0.4 is 5.32 Å². The van der Waals surface area contributed by atoms with Crippen LogP contribution in [0.25, 0.3) is 11.3 Å². The number of aromatic nitrogens is 5. The second-order valence-electron chi connectivity index (χ2n) is 6.23. The van der Waals surface area contributed by atoms with Gasteiger partial charge in [0.2, 0.25) is 5.91 Å². The topological polar surface area (TPSA) is 109 Å². The van der Waals surface area contributed by atoms with Gasteiger partial charge in [0.25, 0.3) is 0 Å². The molecule has 3 rings (SSSR count). The predicted molar refractivity (Wildman–Crippen MR) is 104 cm³/mol. The second kappa shape index (κ2) is 8.59. The van der Waals surface area contributed by atoms with E-state index >= 15 is 0 Å². The molecule has 0 aromatic carbocycles. The molecule has 1 unspecified atom stereocenters. The molecule has 3 aromatic heterocycles. The molecule has 3 aromatic rings. The lowest BCUT2D eigenvalue weighted by atomic mass is 9.93. The molecule has 1 amide bonds. The van der Waals surface area contributed by atoms with Gasteiger partial charge in [0.1, 0.15) is 11.2 Å². The van der Waals surface area contributed by atoms with Gasteiger partial charge in [0.05, 0.1) is 35.8 Å². The Morgan fingerprint density at radius 2 is 2.11 bits per heavy atom. The highest BCUT2D eigenvalue weighted by Gasteiger charge is 2.22. The molecule has 0 saturated carbocycles. The number of hydrogen-bond acceptors (Lipinski definition) is 6. The highest BCUT2D eigenvalue weighted by molar-refractivity contribution is 6.29. The first-order chi connectivity index (χ1) is 13.5. The highest BCUT2D eigenvalue weighted by Crippen LogP contribution is 2.27. The quantitative estimate of drug-likeness (QED) is 0.685. The van der Waals surface area contributed by atoms with Crippen molar-refractivity contribution in [3.8, 4) is 17.3 Å². The van der Waals surface area contributed by atoms with Crippen LogP contribution in [0, 0.1) is 11.3 Å². The molecule has 1 atom stereocenters. The fourth-order valence-electron chi connectivity index (χ4n) is 2.86. The lowest BCUT2D eigenvalue weighted by Crippen LogP contribution is -2.22. The van der Waals surface area contributed by atoms with E-state index in [-0.39, 0.29) is 11.1 Å². The zero-order valence-corrected chi connectivity index (χ0v) is 16.2. The van der Waals surface area contributed by atoms with Gasteiger partial charge in [0, 0.05) is 25.0 Å². The molecule has 3 heterocycles. The number of nitrogens with zero attached hydrogens (tertiary/aromatic N) is 6. The summed E-state index contributed by atoms with van der Waals surface area (Å²) in [6, 6.07) is 3.88. The molecule has 0 bridgehead atoms. The van der Waals surface area contributed by atoms with Crippen molar-refractivity contribution in [3.63, 3.8) is 0 Å². The molecule has 0 aliphatic rings. The lowest BCUT2D eigenvalue weighted by molar-refractivity contribution is -0.117. The number of rotatable bonds is 6. The number of hydrogen-bond donors (Lipinski definition) is 1. The van der Waals surface area contributed by atoms with Crippen molar-refractivity contribution in [2.24, 2.45) is 7.05 Å². The summed E-state index contributed by atoms with van der Waals surface area (Å²) < 4.78 is 1.65. The van der Waals surface area contributed by atoms with E-state index < -0.39 is 5.92 Å². The van der Waals surface area contributed by atoms with Crippen molar-refractivity contribution >= 4 is 23.3 Å². The summed E-state index contributed by atoms with van der Waals surface area (Å²) in [6.07, 6.45) is 9.23. The minimum Gasteiger partial charge on any atom is -0.309 e. The summed E-state index contributed by atoms with van der Waals surface area (Å²) in [5.74, 6) is -0.390. The average molecular weight is 396 g/mol. The molecule has 0 saturated heterocycles. The Hall–Kier alpha value is -3.31. The number of halogens is 1. The Morgan fingerprint density at radius 3 is 2.71 bits per heavy atom. The maximum Gasteiger partial charge on any atom is 0.233 e. The van der Waals surface area contributed by atoms with Gasteiger partial charge in [-0.05, 0) is 18.1 Å². The molecule has 8 nitrogen and oxygen atoms in total. The van der Waals surface area contributed by atoms with Gasteiger partial charge in [-0.3, -0.25) is 14.5 Å². The summed E-state index contributed by atoms with van der Waals surface area (Å²) in [7, 11) is 1.80. The molecule has 0 aliphatic heterocycles. The third kappa shape index (κ3) is 4.32. The smallest absolute Gasteiger partial charge is 0.233 e. The molecule has 0 aliphatic carbocycles. The first-order valence-electron chi connectivity index (χ1n) is 8.69. The van der Waals surface area contributed by atoms with Crippen LogP contribution in [0.5, 0.6) is 0 Å². The van der Waals surface area contributed by atoms with Gasteiger partial charge in [-0.2, -0.15) is 10.4 Å². The Kier molecular flexibility index (Phi) is 5.96. The van der Waals surface area contributed by atoms with Gasteiger partial charge in [-0.1, -0.05) is 24.9 Å². The van der Waals surface area contributed by atoms with Crippen LogP contribution in [0.1, 0.15) is 36.8 Å². The number of aryl methyl sites for hydroxylation is 1. The second-order valence-corrected chi connectivity index (χ2v) is 6.62. The first kappa shape index (κ1) is 19.5. The van der Waals surface area contributed by atoms with Crippen LogP contribution in [0.2, 0.25) is 5.15 Å². The molecule has 28 heavy (non-hydrogen) atoms. The number of anilines is 1. The number of carbonyl (C=O) groups is 1. The number of nitriles is 1. The molecule has 0 radical (unpaired) electrons. The van der Waals surface area contributed by atoms with Crippen molar-refractivity contribution in [1.29, 1.82) is 5.26 Å². The van der Waals surface area contributed by atoms with Crippen molar-refractivity contribution in [2.45, 2.75) is 25.7 Å². The zero-order chi connectivity index (χ0) is 20.1. The Labute approximate surface area is 167 Å². The van der Waals surface area contributed by atoms with Gasteiger partial charge >= 0.3 is 0 Å². The van der Waals surface area contributed by atoms with Crippen molar-refractivity contribution in [1.82, 2.24) is 24.7 Å². The number of amides is 1.